The van der Waals surface area contributed by atoms with Crippen molar-refractivity contribution >= 4 is 23.2 Å². The van der Waals surface area contributed by atoms with Crippen molar-refractivity contribution in [2.24, 2.45) is 5.92 Å². The number of aromatic amines is 1. The summed E-state index contributed by atoms with van der Waals surface area (Å²) < 4.78 is 0. The zero-order valence-corrected chi connectivity index (χ0v) is 14.6. The van der Waals surface area contributed by atoms with Crippen LogP contribution in [0.5, 0.6) is 0 Å². The number of nitrogens with zero attached hydrogens (tertiary/aromatic N) is 3. The summed E-state index contributed by atoms with van der Waals surface area (Å²) in [5.74, 6) is 0.258. The molecule has 2 aromatic rings. The van der Waals surface area contributed by atoms with E-state index in [9.17, 15) is 9.59 Å². The number of aryl methyl sites for hydroxylation is 1. The molecule has 0 radical (unpaired) electrons. The molecule has 3 heterocycles. The van der Waals surface area contributed by atoms with Crippen LogP contribution in [0.2, 0.25) is 0 Å². The van der Waals surface area contributed by atoms with Crippen LogP contribution >= 0.6 is 11.3 Å². The number of hydrogen-bond acceptors (Lipinski definition) is 5. The lowest BCUT2D eigenvalue weighted by Crippen LogP contribution is -2.45. The van der Waals surface area contributed by atoms with Crippen LogP contribution in [0.4, 0.5) is 0 Å². The summed E-state index contributed by atoms with van der Waals surface area (Å²) in [5, 5.41) is 9.78. The second kappa shape index (κ2) is 7.12. The molecule has 1 aliphatic rings. The van der Waals surface area contributed by atoms with Crippen molar-refractivity contribution in [2.45, 2.75) is 32.7 Å². The molecule has 0 aliphatic carbocycles. The highest BCUT2D eigenvalue weighted by atomic mass is 32.1. The van der Waals surface area contributed by atoms with Crippen LogP contribution in [-0.4, -0.2) is 51.0 Å². The van der Waals surface area contributed by atoms with Gasteiger partial charge in [0, 0.05) is 24.8 Å². The van der Waals surface area contributed by atoms with Gasteiger partial charge in [-0.3, -0.25) is 19.7 Å². The molecular weight excluding hydrogens is 326 g/mol. The summed E-state index contributed by atoms with van der Waals surface area (Å²) in [5.41, 5.74) is 2.95. The van der Waals surface area contributed by atoms with Crippen LogP contribution in [0.25, 0.3) is 0 Å². The molecule has 0 spiro atoms. The van der Waals surface area contributed by atoms with Crippen molar-refractivity contribution in [3.05, 3.63) is 34.0 Å². The van der Waals surface area contributed by atoms with Crippen LogP contribution in [0.1, 0.15) is 45.6 Å². The number of carbonyl (C=O) groups is 2. The van der Waals surface area contributed by atoms with Crippen molar-refractivity contribution < 1.29 is 9.59 Å². The van der Waals surface area contributed by atoms with Crippen LogP contribution in [0.3, 0.4) is 0 Å². The Morgan fingerprint density at radius 1 is 1.42 bits per heavy atom. The second-order valence-corrected chi connectivity index (χ2v) is 7.08. The first-order chi connectivity index (χ1) is 11.5. The molecule has 0 saturated carbocycles. The van der Waals surface area contributed by atoms with E-state index in [4.69, 9.17) is 0 Å². The summed E-state index contributed by atoms with van der Waals surface area (Å²) in [6.07, 6.45) is 3.38. The minimum atomic E-state index is -0.157. The van der Waals surface area contributed by atoms with Gasteiger partial charge in [-0.1, -0.05) is 0 Å². The average molecular weight is 347 g/mol. The lowest BCUT2D eigenvalue weighted by atomic mass is 9.90. The molecule has 0 aromatic carbocycles. The summed E-state index contributed by atoms with van der Waals surface area (Å²) >= 11 is 1.37. The molecule has 2 amide bonds. The van der Waals surface area contributed by atoms with Gasteiger partial charge in [-0.15, -0.1) is 11.3 Å². The Kier molecular flexibility index (Phi) is 4.94. The molecule has 1 aliphatic heterocycles. The van der Waals surface area contributed by atoms with Crippen molar-refractivity contribution in [1.29, 1.82) is 0 Å². The fourth-order valence-corrected chi connectivity index (χ4v) is 3.60. The maximum absolute atomic E-state index is 12.3. The molecule has 3 rings (SSSR count). The Balaban J connectivity index is 1.51. The topological polar surface area (TPSA) is 91.0 Å². The highest BCUT2D eigenvalue weighted by Crippen LogP contribution is 2.23. The fourth-order valence-electron chi connectivity index (χ4n) is 3.01. The zero-order valence-electron chi connectivity index (χ0n) is 13.8. The Morgan fingerprint density at radius 3 is 2.75 bits per heavy atom. The zero-order chi connectivity index (χ0) is 17.1. The molecule has 1 fully saturated rings. The summed E-state index contributed by atoms with van der Waals surface area (Å²) in [6, 6.07) is 1.79. The number of hydrogen-bond donors (Lipinski definition) is 2. The van der Waals surface area contributed by atoms with Crippen LogP contribution in [-0.2, 0) is 0 Å². The predicted molar refractivity (Wildman–Crippen MR) is 91.0 cm³/mol. The number of H-pyrrole nitrogens is 1. The van der Waals surface area contributed by atoms with E-state index < -0.39 is 0 Å². The van der Waals surface area contributed by atoms with E-state index in [0.717, 1.165) is 18.5 Å². The molecule has 128 valence electrons. The quantitative estimate of drug-likeness (QED) is 0.883. The van der Waals surface area contributed by atoms with Crippen LogP contribution in [0.15, 0.2) is 17.8 Å². The molecule has 2 N–H and O–H groups in total. The minimum absolute atomic E-state index is 0.0511. The van der Waals surface area contributed by atoms with E-state index >= 15 is 0 Å². The molecule has 1 saturated heterocycles. The fraction of sp³-hybridized carbons (Fsp3) is 0.500. The SMILES string of the molecule is Cc1cc(C(=O)N[C@H](C)C2CCN(C(=O)c3cncs3)CC2)n[nH]1. The number of piperidine rings is 1. The molecule has 2 aromatic heterocycles. The Bertz CT molecular complexity index is 704. The van der Waals surface area contributed by atoms with Gasteiger partial charge < -0.3 is 10.2 Å². The van der Waals surface area contributed by atoms with Crippen LogP contribution < -0.4 is 5.32 Å². The Morgan fingerprint density at radius 2 is 2.17 bits per heavy atom. The lowest BCUT2D eigenvalue weighted by molar-refractivity contribution is 0.0667. The molecule has 1 atom stereocenters. The molecular formula is C16H21N5O2S. The third-order valence-corrected chi connectivity index (χ3v) is 5.24. The van der Waals surface area contributed by atoms with Crippen molar-refractivity contribution in [3.8, 4) is 0 Å². The van der Waals surface area contributed by atoms with Gasteiger partial charge in [0.15, 0.2) is 0 Å². The third-order valence-electron chi connectivity index (χ3n) is 4.47. The van der Waals surface area contributed by atoms with E-state index in [1.807, 2.05) is 18.7 Å². The third kappa shape index (κ3) is 3.64. The molecule has 0 unspecified atom stereocenters. The van der Waals surface area contributed by atoms with Crippen molar-refractivity contribution in [1.82, 2.24) is 25.4 Å². The first-order valence-electron chi connectivity index (χ1n) is 8.05. The number of nitrogens with one attached hydrogen (secondary N) is 2. The normalized spacial score (nSPS) is 16.8. The highest BCUT2D eigenvalue weighted by Gasteiger charge is 2.28. The maximum Gasteiger partial charge on any atom is 0.271 e. The van der Waals surface area contributed by atoms with Gasteiger partial charge >= 0.3 is 0 Å². The number of amides is 2. The van der Waals surface area contributed by atoms with Gasteiger partial charge in [-0.05, 0) is 38.7 Å². The van der Waals surface area contributed by atoms with Crippen molar-refractivity contribution in [3.63, 3.8) is 0 Å². The van der Waals surface area contributed by atoms with E-state index in [-0.39, 0.29) is 17.9 Å². The first kappa shape index (κ1) is 16.6. The molecule has 8 heteroatoms. The highest BCUT2D eigenvalue weighted by molar-refractivity contribution is 7.11. The largest absolute Gasteiger partial charge is 0.348 e. The maximum atomic E-state index is 12.3. The first-order valence-corrected chi connectivity index (χ1v) is 8.93. The number of carbonyl (C=O) groups excluding carboxylic acids is 2. The van der Waals surface area contributed by atoms with Gasteiger partial charge in [-0.25, -0.2) is 0 Å². The summed E-state index contributed by atoms with van der Waals surface area (Å²) in [4.78, 5) is 31.0. The summed E-state index contributed by atoms with van der Waals surface area (Å²) in [7, 11) is 0. The number of thiazole rings is 1. The minimum Gasteiger partial charge on any atom is -0.348 e. The average Bonchev–Trinajstić information content (AvgIpc) is 3.26. The number of aromatic nitrogens is 3. The second-order valence-electron chi connectivity index (χ2n) is 6.19. The van der Waals surface area contributed by atoms with Gasteiger partial charge in [0.1, 0.15) is 10.6 Å². The molecule has 0 bridgehead atoms. The smallest absolute Gasteiger partial charge is 0.271 e. The van der Waals surface area contributed by atoms with Gasteiger partial charge in [-0.2, -0.15) is 5.10 Å². The Labute approximate surface area is 144 Å². The standard InChI is InChI=1S/C16H21N5O2S/c1-10-7-13(20-19-10)15(22)18-11(2)12-3-5-21(6-4-12)16(23)14-8-17-9-24-14/h7-9,11-12H,3-6H2,1-2H3,(H,18,22)(H,19,20)/t11-/m1/s1. The summed E-state index contributed by atoms with van der Waals surface area (Å²) in [6.45, 7) is 5.30. The predicted octanol–water partition coefficient (Wildman–Crippen LogP) is 1.85. The number of rotatable bonds is 4. The Hall–Kier alpha value is -2.22. The van der Waals surface area contributed by atoms with E-state index in [1.54, 1.807) is 17.8 Å². The monoisotopic (exact) mass is 347 g/mol. The van der Waals surface area contributed by atoms with E-state index in [2.05, 4.69) is 20.5 Å². The van der Waals surface area contributed by atoms with E-state index in [0.29, 0.717) is 29.6 Å². The van der Waals surface area contributed by atoms with Crippen LogP contribution in [0, 0.1) is 12.8 Å². The number of likely N-dealkylation sites (tertiary alicyclic amines) is 1. The van der Waals surface area contributed by atoms with Gasteiger partial charge in [0.05, 0.1) is 11.7 Å². The van der Waals surface area contributed by atoms with Gasteiger partial charge in [0.2, 0.25) is 0 Å². The van der Waals surface area contributed by atoms with E-state index in [1.165, 1.54) is 11.3 Å². The molecule has 7 nitrogen and oxygen atoms in total. The van der Waals surface area contributed by atoms with Crippen molar-refractivity contribution in [2.75, 3.05) is 13.1 Å². The molecule has 24 heavy (non-hydrogen) atoms. The van der Waals surface area contributed by atoms with Gasteiger partial charge in [0.25, 0.3) is 11.8 Å². The lowest BCUT2D eigenvalue weighted by Gasteiger charge is -2.34.